The molecule has 0 fully saturated rings. The van der Waals surface area contributed by atoms with Crippen molar-refractivity contribution < 1.29 is 31.1 Å². The molecule has 2 aromatic heterocycles. The van der Waals surface area contributed by atoms with E-state index in [1.807, 2.05) is 0 Å². The Morgan fingerprint density at radius 2 is 1.15 bits per heavy atom. The highest BCUT2D eigenvalue weighted by molar-refractivity contribution is 7.13. The first-order valence-corrected chi connectivity index (χ1v) is 8.50. The lowest BCUT2D eigenvalue weighted by atomic mass is 10.2. The summed E-state index contributed by atoms with van der Waals surface area (Å²) in [5, 5.41) is 0.352. The highest BCUT2D eigenvalue weighted by Crippen LogP contribution is 2.36. The van der Waals surface area contributed by atoms with E-state index in [0.717, 1.165) is 47.0 Å². The Morgan fingerprint density at radius 1 is 0.808 bits per heavy atom. The molecule has 0 aliphatic rings. The number of aryl methyl sites for hydroxylation is 2. The van der Waals surface area contributed by atoms with Gasteiger partial charge in [0.05, 0.1) is 19.8 Å². The quantitative estimate of drug-likeness (QED) is 0.489. The van der Waals surface area contributed by atoms with Crippen molar-refractivity contribution in [1.29, 1.82) is 0 Å². The largest absolute Gasteiger partial charge is 0.434 e. The second kappa shape index (κ2) is 7.31. The van der Waals surface area contributed by atoms with E-state index >= 15 is 0 Å². The summed E-state index contributed by atoms with van der Waals surface area (Å²) < 4.78 is 76.9. The molecule has 0 aliphatic heterocycles. The molecule has 0 saturated carbocycles. The van der Waals surface area contributed by atoms with Gasteiger partial charge < -0.3 is 0 Å². The van der Waals surface area contributed by atoms with Gasteiger partial charge in [-0.15, -0.1) is 22.7 Å². The molecule has 0 radical (unpaired) electrons. The first-order valence-electron chi connectivity index (χ1n) is 6.87. The van der Waals surface area contributed by atoms with Crippen molar-refractivity contribution in [1.82, 2.24) is 9.97 Å². The molecule has 0 unspecified atom stereocenters. The van der Waals surface area contributed by atoms with E-state index in [9.17, 15) is 31.1 Å². The number of aromatic nitrogens is 2. The Labute approximate surface area is 151 Å². The summed E-state index contributed by atoms with van der Waals surface area (Å²) >= 11 is 1.51. The molecule has 26 heavy (non-hydrogen) atoms. The van der Waals surface area contributed by atoms with Crippen molar-refractivity contribution in [2.24, 2.45) is 0 Å². The molecule has 11 heteroatoms. The van der Waals surface area contributed by atoms with Gasteiger partial charge in [-0.1, -0.05) is 0 Å². The Bertz CT molecular complexity index is 804. The second-order valence-electron chi connectivity index (χ2n) is 4.96. The van der Waals surface area contributed by atoms with Gasteiger partial charge in [0.25, 0.3) is 0 Å². The average molecular weight is 412 g/mol. The first-order chi connectivity index (χ1) is 11.9. The monoisotopic (exact) mass is 412 g/mol. The average Bonchev–Trinajstić information content (AvgIpc) is 3.05. The predicted octanol–water partition coefficient (Wildman–Crippen LogP) is 5.55. The summed E-state index contributed by atoms with van der Waals surface area (Å²) in [7, 11) is 0. The zero-order valence-corrected chi connectivity index (χ0v) is 14.8. The lowest BCUT2D eigenvalue weighted by Gasteiger charge is -2.03. The predicted molar refractivity (Wildman–Crippen MR) is 86.8 cm³/mol. The number of hydrogen-bond acceptors (Lipinski definition) is 5. The number of thiazole rings is 2. The molecular formula is C15H10F6N2OS2. The van der Waals surface area contributed by atoms with Crippen LogP contribution < -0.4 is 0 Å². The van der Waals surface area contributed by atoms with E-state index in [2.05, 4.69) is 9.97 Å². The molecule has 0 aromatic carbocycles. The van der Waals surface area contributed by atoms with Crippen molar-refractivity contribution in [2.45, 2.75) is 26.2 Å². The van der Waals surface area contributed by atoms with Crippen LogP contribution >= 0.6 is 22.7 Å². The third-order valence-corrected chi connectivity index (χ3v) is 4.73. The number of hydrogen-bond donors (Lipinski definition) is 0. The van der Waals surface area contributed by atoms with Crippen LogP contribution in [0.5, 0.6) is 0 Å². The van der Waals surface area contributed by atoms with Crippen LogP contribution in [0.1, 0.15) is 31.2 Å². The molecule has 140 valence electrons. The van der Waals surface area contributed by atoms with Gasteiger partial charge in [-0.2, -0.15) is 26.3 Å². The smallest absolute Gasteiger partial charge is 0.290 e. The van der Waals surface area contributed by atoms with Crippen molar-refractivity contribution >= 4 is 40.6 Å². The Morgan fingerprint density at radius 3 is 1.46 bits per heavy atom. The van der Waals surface area contributed by atoms with E-state index < -0.39 is 29.5 Å². The van der Waals surface area contributed by atoms with Gasteiger partial charge in [-0.05, 0) is 38.2 Å². The molecule has 0 atom stereocenters. The Kier molecular flexibility index (Phi) is 5.71. The molecule has 2 heterocycles. The van der Waals surface area contributed by atoms with Gasteiger partial charge in [0.15, 0.2) is 17.2 Å². The highest BCUT2D eigenvalue weighted by Gasteiger charge is 2.37. The molecule has 0 bridgehead atoms. The molecule has 0 aliphatic carbocycles. The zero-order chi connectivity index (χ0) is 19.7. The lowest BCUT2D eigenvalue weighted by Crippen LogP contribution is -2.07. The summed E-state index contributed by atoms with van der Waals surface area (Å²) in [6, 6.07) is 0. The van der Waals surface area contributed by atoms with E-state index in [4.69, 9.17) is 0 Å². The topological polar surface area (TPSA) is 42.9 Å². The second-order valence-corrected chi connectivity index (χ2v) is 7.43. The summed E-state index contributed by atoms with van der Waals surface area (Å²) in [6.45, 7) is 2.79. The van der Waals surface area contributed by atoms with E-state index in [0.29, 0.717) is 0 Å². The summed E-state index contributed by atoms with van der Waals surface area (Å²) in [4.78, 5) is 18.0. The van der Waals surface area contributed by atoms with Gasteiger partial charge in [0, 0.05) is 0 Å². The van der Waals surface area contributed by atoms with Crippen LogP contribution in [-0.2, 0) is 17.1 Å². The van der Waals surface area contributed by atoms with Gasteiger partial charge in [-0.3, -0.25) is 4.79 Å². The lowest BCUT2D eigenvalue weighted by molar-refractivity contribution is -0.141. The number of rotatable bonds is 4. The highest BCUT2D eigenvalue weighted by atomic mass is 32.1. The molecule has 0 N–H and O–H groups in total. The van der Waals surface area contributed by atoms with Crippen LogP contribution in [0.2, 0.25) is 0 Å². The van der Waals surface area contributed by atoms with E-state index in [1.54, 1.807) is 0 Å². The molecule has 0 saturated heterocycles. The first kappa shape index (κ1) is 20.3. The summed E-state index contributed by atoms with van der Waals surface area (Å²) in [5.74, 6) is -0.761. The third kappa shape index (κ3) is 5.01. The van der Waals surface area contributed by atoms with Crippen LogP contribution in [-0.4, -0.2) is 15.8 Å². The van der Waals surface area contributed by atoms with Crippen LogP contribution in [0.25, 0.3) is 12.2 Å². The van der Waals surface area contributed by atoms with E-state index in [-0.39, 0.29) is 19.8 Å². The maximum atomic E-state index is 12.8. The molecule has 0 spiro atoms. The fourth-order valence-electron chi connectivity index (χ4n) is 1.89. The molecular weight excluding hydrogens is 402 g/mol. The van der Waals surface area contributed by atoms with Crippen molar-refractivity contribution in [3.63, 3.8) is 0 Å². The zero-order valence-electron chi connectivity index (χ0n) is 13.2. The summed E-state index contributed by atoms with van der Waals surface area (Å²) in [6.07, 6.45) is -5.73. The van der Waals surface area contributed by atoms with Crippen molar-refractivity contribution in [2.75, 3.05) is 0 Å². The Hall–Kier alpha value is -2.01. The normalized spacial score (nSPS) is 13.2. The SMILES string of the molecule is Cc1nc(C(F)(F)F)c(/C=C/C(=O)/C=C/c2sc(C)nc2C(F)(F)F)s1. The van der Waals surface area contributed by atoms with Gasteiger partial charge in [0.2, 0.25) is 0 Å². The van der Waals surface area contributed by atoms with Gasteiger partial charge in [0.1, 0.15) is 0 Å². The molecule has 0 amide bonds. The number of carbonyl (C=O) groups is 1. The minimum Gasteiger partial charge on any atom is -0.290 e. The van der Waals surface area contributed by atoms with Crippen molar-refractivity contribution in [3.05, 3.63) is 43.3 Å². The fraction of sp³-hybridized carbons (Fsp3) is 0.267. The van der Waals surface area contributed by atoms with Crippen molar-refractivity contribution in [3.8, 4) is 0 Å². The van der Waals surface area contributed by atoms with E-state index in [1.165, 1.54) is 13.8 Å². The standard InChI is InChI=1S/C15H10F6N2OS2/c1-7-22-12(14(16,17)18)10(25-7)5-3-9(24)4-6-11-13(15(19,20)21)23-8(2)26-11/h3-6H,1-2H3/b5-3+,6-4+. The molecule has 2 aromatic rings. The minimum atomic E-state index is -4.66. The molecule has 3 nitrogen and oxygen atoms in total. The van der Waals surface area contributed by atoms with Crippen LogP contribution in [0, 0.1) is 13.8 Å². The van der Waals surface area contributed by atoms with Gasteiger partial charge in [-0.25, -0.2) is 9.97 Å². The van der Waals surface area contributed by atoms with Gasteiger partial charge >= 0.3 is 12.4 Å². The minimum absolute atomic E-state index is 0.176. The number of halogens is 6. The van der Waals surface area contributed by atoms with Crippen LogP contribution in [0.15, 0.2) is 12.2 Å². The number of alkyl halides is 6. The number of nitrogens with zero attached hydrogens (tertiary/aromatic N) is 2. The van der Waals surface area contributed by atoms with Crippen LogP contribution in [0.4, 0.5) is 26.3 Å². The third-order valence-electron chi connectivity index (χ3n) is 2.86. The molecule has 2 rings (SSSR count). The number of allylic oxidation sites excluding steroid dienone is 2. The summed E-state index contributed by atoms with van der Waals surface area (Å²) in [5.41, 5.74) is -2.21. The van der Waals surface area contributed by atoms with Crippen LogP contribution in [0.3, 0.4) is 0 Å². The Balaban J connectivity index is 2.20. The maximum Gasteiger partial charge on any atom is 0.434 e. The number of carbonyl (C=O) groups excluding carboxylic acids is 1. The fourth-order valence-corrected chi connectivity index (χ4v) is 3.59. The number of ketones is 1. The maximum absolute atomic E-state index is 12.8.